The molecule has 3 heteroatoms. The average molecular weight is 324 g/mol. The summed E-state index contributed by atoms with van der Waals surface area (Å²) in [6, 6.07) is 14.0. The lowest BCUT2D eigenvalue weighted by Gasteiger charge is -2.07. The Morgan fingerprint density at radius 1 is 0.792 bits per heavy atom. The molecule has 0 fully saturated rings. The van der Waals surface area contributed by atoms with Crippen molar-refractivity contribution < 1.29 is 4.74 Å². The van der Waals surface area contributed by atoms with E-state index in [0.29, 0.717) is 5.56 Å². The molecule has 0 unspecified atom stereocenters. The zero-order valence-electron chi connectivity index (χ0n) is 14.5. The lowest BCUT2D eigenvalue weighted by Crippen LogP contribution is -1.98. The smallest absolute Gasteiger partial charge is 0.119 e. The van der Waals surface area contributed by atoms with Crippen molar-refractivity contribution in [1.29, 1.82) is 5.26 Å². The molecule has 0 radical (unpaired) electrons. The first-order valence-corrected chi connectivity index (χ1v) is 9.10. The van der Waals surface area contributed by atoms with Crippen molar-refractivity contribution in [3.8, 4) is 11.8 Å². The molecule has 2 rings (SSSR count). The largest absolute Gasteiger partial charge is 0.494 e. The zero-order chi connectivity index (χ0) is 17.0. The van der Waals surface area contributed by atoms with E-state index in [2.05, 4.69) is 6.07 Å². The molecule has 3 nitrogen and oxygen atoms in total. The Bertz CT molecular complexity index is 660. The van der Waals surface area contributed by atoms with Gasteiger partial charge in [0, 0.05) is 0 Å². The van der Waals surface area contributed by atoms with Crippen molar-refractivity contribution >= 4 is 10.8 Å². The first-order chi connectivity index (χ1) is 11.8. The van der Waals surface area contributed by atoms with Gasteiger partial charge in [0.2, 0.25) is 0 Å². The van der Waals surface area contributed by atoms with Crippen molar-refractivity contribution in [3.63, 3.8) is 0 Å². The van der Waals surface area contributed by atoms with Crippen LogP contribution in [-0.2, 0) is 0 Å². The Kier molecular flexibility index (Phi) is 8.13. The number of benzene rings is 2. The Morgan fingerprint density at radius 3 is 2.12 bits per heavy atom. The number of rotatable bonds is 11. The highest BCUT2D eigenvalue weighted by Crippen LogP contribution is 2.22. The van der Waals surface area contributed by atoms with Gasteiger partial charge in [-0.1, -0.05) is 50.7 Å². The second kappa shape index (κ2) is 10.7. The van der Waals surface area contributed by atoms with Gasteiger partial charge in [0.1, 0.15) is 5.75 Å². The molecule has 0 aliphatic rings. The van der Waals surface area contributed by atoms with Gasteiger partial charge < -0.3 is 10.5 Å². The average Bonchev–Trinajstić information content (AvgIpc) is 2.62. The summed E-state index contributed by atoms with van der Waals surface area (Å²) in [4.78, 5) is 0. The fourth-order valence-electron chi connectivity index (χ4n) is 2.88. The molecule has 24 heavy (non-hydrogen) atoms. The van der Waals surface area contributed by atoms with Gasteiger partial charge in [-0.3, -0.25) is 0 Å². The maximum atomic E-state index is 8.93. The highest BCUT2D eigenvalue weighted by Gasteiger charge is 2.00. The standard InChI is InChI=1S/C21H28N2O/c22-13-7-5-3-1-2-4-6-8-14-24-21-12-11-19-15-18(17-23)9-10-20(19)16-21/h9-12,15-16H,1-8,13-14,22H2. The maximum absolute atomic E-state index is 8.93. The molecular formula is C21H28N2O. The fraction of sp³-hybridized carbons (Fsp3) is 0.476. The molecule has 2 N–H and O–H groups in total. The highest BCUT2D eigenvalue weighted by atomic mass is 16.5. The van der Waals surface area contributed by atoms with Crippen LogP contribution in [0.1, 0.15) is 56.9 Å². The lowest BCUT2D eigenvalue weighted by molar-refractivity contribution is 0.304. The first kappa shape index (κ1) is 18.3. The Hall–Kier alpha value is -2.05. The quantitative estimate of drug-likeness (QED) is 0.580. The number of unbranched alkanes of at least 4 members (excludes halogenated alkanes) is 7. The van der Waals surface area contributed by atoms with E-state index in [1.807, 2.05) is 36.4 Å². The molecular weight excluding hydrogens is 296 g/mol. The highest BCUT2D eigenvalue weighted by molar-refractivity contribution is 5.85. The van der Waals surface area contributed by atoms with Crippen LogP contribution in [0.25, 0.3) is 10.8 Å². The summed E-state index contributed by atoms with van der Waals surface area (Å²) >= 11 is 0. The van der Waals surface area contributed by atoms with Gasteiger partial charge in [0.05, 0.1) is 18.2 Å². The second-order valence-electron chi connectivity index (χ2n) is 6.30. The molecule has 0 heterocycles. The summed E-state index contributed by atoms with van der Waals surface area (Å²) in [6.45, 7) is 1.60. The van der Waals surface area contributed by atoms with Crippen molar-refractivity contribution in [1.82, 2.24) is 0 Å². The lowest BCUT2D eigenvalue weighted by atomic mass is 10.1. The van der Waals surface area contributed by atoms with Crippen molar-refractivity contribution in [3.05, 3.63) is 42.0 Å². The molecule has 2 aromatic carbocycles. The Balaban J connectivity index is 1.62. The third-order valence-electron chi connectivity index (χ3n) is 4.31. The molecule has 0 aromatic heterocycles. The van der Waals surface area contributed by atoms with Crippen molar-refractivity contribution in [2.45, 2.75) is 51.4 Å². The summed E-state index contributed by atoms with van der Waals surface area (Å²) in [5.74, 6) is 0.911. The molecule has 0 saturated heterocycles. The van der Waals surface area contributed by atoms with Crippen LogP contribution in [0.5, 0.6) is 5.75 Å². The first-order valence-electron chi connectivity index (χ1n) is 9.10. The van der Waals surface area contributed by atoms with Gasteiger partial charge >= 0.3 is 0 Å². The van der Waals surface area contributed by atoms with Gasteiger partial charge in [0.25, 0.3) is 0 Å². The summed E-state index contributed by atoms with van der Waals surface area (Å²) in [6.07, 6.45) is 10.0. The summed E-state index contributed by atoms with van der Waals surface area (Å²) < 4.78 is 5.85. The molecule has 0 amide bonds. The Labute approximate surface area is 145 Å². The molecule has 128 valence electrons. The molecule has 0 aliphatic heterocycles. The van der Waals surface area contributed by atoms with Gasteiger partial charge in [-0.25, -0.2) is 0 Å². The number of nitriles is 1. The summed E-state index contributed by atoms with van der Waals surface area (Å²) in [5, 5.41) is 11.1. The van der Waals surface area contributed by atoms with Crippen molar-refractivity contribution in [2.75, 3.05) is 13.2 Å². The van der Waals surface area contributed by atoms with E-state index in [-0.39, 0.29) is 0 Å². The second-order valence-corrected chi connectivity index (χ2v) is 6.30. The molecule has 0 spiro atoms. The maximum Gasteiger partial charge on any atom is 0.119 e. The van der Waals surface area contributed by atoms with E-state index in [0.717, 1.165) is 42.5 Å². The predicted octanol–water partition coefficient (Wildman–Crippen LogP) is 5.17. The van der Waals surface area contributed by atoms with Crippen LogP contribution >= 0.6 is 0 Å². The monoisotopic (exact) mass is 324 g/mol. The zero-order valence-corrected chi connectivity index (χ0v) is 14.5. The van der Waals surface area contributed by atoms with E-state index < -0.39 is 0 Å². The minimum atomic E-state index is 0.694. The van der Waals surface area contributed by atoms with Gasteiger partial charge in [-0.05, 0) is 54.4 Å². The van der Waals surface area contributed by atoms with E-state index in [1.54, 1.807) is 0 Å². The number of fused-ring (bicyclic) bond motifs is 1. The third-order valence-corrected chi connectivity index (χ3v) is 4.31. The van der Waals surface area contributed by atoms with Crippen molar-refractivity contribution in [2.24, 2.45) is 5.73 Å². The molecule has 0 aliphatic carbocycles. The number of ether oxygens (including phenoxy) is 1. The fourth-order valence-corrected chi connectivity index (χ4v) is 2.88. The number of hydrogen-bond acceptors (Lipinski definition) is 3. The van der Waals surface area contributed by atoms with Crippen LogP contribution in [0.15, 0.2) is 36.4 Å². The number of nitrogens with two attached hydrogens (primary N) is 1. The van der Waals surface area contributed by atoms with Gasteiger partial charge in [0.15, 0.2) is 0 Å². The third kappa shape index (κ3) is 6.22. The molecule has 2 aromatic rings. The normalized spacial score (nSPS) is 10.7. The van der Waals surface area contributed by atoms with Crippen LogP contribution in [-0.4, -0.2) is 13.2 Å². The van der Waals surface area contributed by atoms with Crippen LogP contribution in [0.2, 0.25) is 0 Å². The number of nitrogens with zero attached hydrogens (tertiary/aromatic N) is 1. The molecule has 0 bridgehead atoms. The van der Waals surface area contributed by atoms with E-state index in [4.69, 9.17) is 15.7 Å². The van der Waals surface area contributed by atoms with E-state index >= 15 is 0 Å². The van der Waals surface area contributed by atoms with Crippen LogP contribution < -0.4 is 10.5 Å². The summed E-state index contributed by atoms with van der Waals surface area (Å²) in [5.41, 5.74) is 6.18. The van der Waals surface area contributed by atoms with Crippen LogP contribution in [0.4, 0.5) is 0 Å². The number of hydrogen-bond donors (Lipinski definition) is 1. The molecule has 0 saturated carbocycles. The molecule has 0 atom stereocenters. The van der Waals surface area contributed by atoms with Crippen LogP contribution in [0.3, 0.4) is 0 Å². The SMILES string of the molecule is N#Cc1ccc2cc(OCCCCCCCCCCN)ccc2c1. The Morgan fingerprint density at radius 2 is 1.42 bits per heavy atom. The minimum absolute atomic E-state index is 0.694. The predicted molar refractivity (Wildman–Crippen MR) is 100 cm³/mol. The summed E-state index contributed by atoms with van der Waals surface area (Å²) in [7, 11) is 0. The van der Waals surface area contributed by atoms with Gasteiger partial charge in [-0.15, -0.1) is 0 Å². The topological polar surface area (TPSA) is 59.0 Å². The van der Waals surface area contributed by atoms with Crippen LogP contribution in [0, 0.1) is 11.3 Å². The minimum Gasteiger partial charge on any atom is -0.494 e. The van der Waals surface area contributed by atoms with Gasteiger partial charge in [-0.2, -0.15) is 5.26 Å². The van der Waals surface area contributed by atoms with E-state index in [9.17, 15) is 0 Å². The van der Waals surface area contributed by atoms with E-state index in [1.165, 1.54) is 38.5 Å².